The molecule has 0 aromatic carbocycles. The molecule has 3 nitrogen and oxygen atoms in total. The Kier molecular flexibility index (Phi) is 16.1. The third-order valence-electron chi connectivity index (χ3n) is 4.05. The van der Waals surface area contributed by atoms with Crippen LogP contribution in [0.4, 0.5) is 0 Å². The van der Waals surface area contributed by atoms with Gasteiger partial charge in [0.1, 0.15) is 0 Å². The van der Waals surface area contributed by atoms with Gasteiger partial charge in [0, 0.05) is 20.3 Å². The Morgan fingerprint density at radius 2 is 1.48 bits per heavy atom. The van der Waals surface area contributed by atoms with Crippen molar-refractivity contribution < 1.29 is 13.3 Å². The Morgan fingerprint density at radius 3 is 2.13 bits per heavy atom. The van der Waals surface area contributed by atoms with Gasteiger partial charge in [-0.15, -0.1) is 6.58 Å². The Morgan fingerprint density at radius 1 is 0.826 bits per heavy atom. The molecule has 0 aliphatic heterocycles. The molecular weight excluding hydrogens is 304 g/mol. The van der Waals surface area contributed by atoms with Gasteiger partial charge in [-0.05, 0) is 32.1 Å². The Bertz CT molecular complexity index is 288. The van der Waals surface area contributed by atoms with E-state index in [9.17, 15) is 0 Å². The molecule has 0 bridgehead atoms. The molecule has 0 fully saturated rings. The number of unbranched alkanes of at least 4 members (excludes halogenated alkanes) is 8. The highest BCUT2D eigenvalue weighted by Gasteiger charge is 2.37. The van der Waals surface area contributed by atoms with Crippen LogP contribution in [-0.2, 0) is 13.3 Å². The van der Waals surface area contributed by atoms with E-state index in [0.717, 1.165) is 25.3 Å². The maximum Gasteiger partial charge on any atom is 0.500 e. The second-order valence-electron chi connectivity index (χ2n) is 5.96. The van der Waals surface area contributed by atoms with Gasteiger partial charge in [0.2, 0.25) is 0 Å². The Labute approximate surface area is 145 Å². The van der Waals surface area contributed by atoms with Crippen LogP contribution in [0.2, 0.25) is 6.04 Å². The first-order valence-corrected chi connectivity index (χ1v) is 11.2. The van der Waals surface area contributed by atoms with Crippen LogP contribution in [0.25, 0.3) is 0 Å². The van der Waals surface area contributed by atoms with E-state index in [4.69, 9.17) is 13.3 Å². The molecule has 0 atom stereocenters. The average Bonchev–Trinajstić information content (AvgIpc) is 2.58. The van der Waals surface area contributed by atoms with Crippen LogP contribution in [0.5, 0.6) is 0 Å². The van der Waals surface area contributed by atoms with E-state index in [-0.39, 0.29) is 0 Å². The van der Waals surface area contributed by atoms with E-state index in [2.05, 4.69) is 25.7 Å². The molecule has 0 aromatic rings. The summed E-state index contributed by atoms with van der Waals surface area (Å²) in [5.74, 6) is 0. The molecule has 0 rings (SSSR count). The lowest BCUT2D eigenvalue weighted by atomic mass is 10.1. The van der Waals surface area contributed by atoms with E-state index in [0.29, 0.717) is 6.61 Å². The van der Waals surface area contributed by atoms with Crippen molar-refractivity contribution in [3.05, 3.63) is 24.8 Å². The van der Waals surface area contributed by atoms with Gasteiger partial charge in [0.05, 0.1) is 6.61 Å². The van der Waals surface area contributed by atoms with Gasteiger partial charge in [0.15, 0.2) is 0 Å². The zero-order valence-electron chi connectivity index (χ0n) is 15.6. The van der Waals surface area contributed by atoms with Crippen molar-refractivity contribution in [2.45, 2.75) is 77.2 Å². The van der Waals surface area contributed by atoms with Crippen molar-refractivity contribution in [3.63, 3.8) is 0 Å². The molecule has 136 valence electrons. The van der Waals surface area contributed by atoms with Gasteiger partial charge in [-0.1, -0.05) is 57.3 Å². The van der Waals surface area contributed by atoms with Crippen LogP contribution in [-0.4, -0.2) is 29.6 Å². The number of allylic oxidation sites excluding steroid dienone is 2. The third-order valence-corrected chi connectivity index (χ3v) is 6.87. The Hall–Kier alpha value is -0.423. The molecule has 0 unspecified atom stereocenters. The molecule has 0 aromatic heterocycles. The van der Waals surface area contributed by atoms with E-state index in [1.54, 1.807) is 14.2 Å². The normalized spacial score (nSPS) is 12.1. The molecule has 0 N–H and O–H groups in total. The zero-order valence-corrected chi connectivity index (χ0v) is 16.6. The summed E-state index contributed by atoms with van der Waals surface area (Å²) in [7, 11) is 0.956. The second-order valence-corrected chi connectivity index (χ2v) is 8.94. The molecule has 23 heavy (non-hydrogen) atoms. The smallest absolute Gasteiger partial charge is 0.377 e. The van der Waals surface area contributed by atoms with Crippen molar-refractivity contribution in [2.75, 3.05) is 20.8 Å². The van der Waals surface area contributed by atoms with Crippen LogP contribution < -0.4 is 0 Å². The van der Waals surface area contributed by atoms with E-state index in [1.807, 2.05) is 6.08 Å². The summed E-state index contributed by atoms with van der Waals surface area (Å²) in [5.41, 5.74) is 0. The molecule has 0 amide bonds. The molecule has 0 aliphatic rings. The first-order valence-electron chi connectivity index (χ1n) is 9.24. The zero-order chi connectivity index (χ0) is 17.2. The molecule has 0 spiro atoms. The van der Waals surface area contributed by atoms with E-state index in [1.165, 1.54) is 44.9 Å². The minimum atomic E-state index is -2.46. The van der Waals surface area contributed by atoms with Crippen LogP contribution in [0.15, 0.2) is 24.8 Å². The largest absolute Gasteiger partial charge is 0.500 e. The molecule has 0 saturated carbocycles. The minimum Gasteiger partial charge on any atom is -0.377 e. The number of hydrogen-bond donors (Lipinski definition) is 0. The average molecular weight is 343 g/mol. The lowest BCUT2D eigenvalue weighted by Crippen LogP contribution is -2.43. The summed E-state index contributed by atoms with van der Waals surface area (Å²) in [6, 6.07) is 0.901. The summed E-state index contributed by atoms with van der Waals surface area (Å²) in [6.07, 6.45) is 18.5. The molecule has 4 heteroatoms. The van der Waals surface area contributed by atoms with Gasteiger partial charge in [-0.25, -0.2) is 0 Å². The lowest BCUT2D eigenvalue weighted by Gasteiger charge is -2.25. The summed E-state index contributed by atoms with van der Waals surface area (Å²) in [5, 5.41) is 0. The minimum absolute atomic E-state index is 0.595. The highest BCUT2D eigenvalue weighted by Crippen LogP contribution is 2.19. The summed E-state index contributed by atoms with van der Waals surface area (Å²) >= 11 is 0. The van der Waals surface area contributed by atoms with Crippen molar-refractivity contribution in [1.29, 1.82) is 0 Å². The summed E-state index contributed by atoms with van der Waals surface area (Å²) < 4.78 is 17.2. The van der Waals surface area contributed by atoms with Gasteiger partial charge in [0.25, 0.3) is 0 Å². The van der Waals surface area contributed by atoms with Crippen molar-refractivity contribution in [2.24, 2.45) is 0 Å². The number of hydrogen-bond acceptors (Lipinski definition) is 3. The standard InChI is InChI=1S/C19H38O3Si/c1-5-7-9-11-13-14-16-18-22-23(20-3,21-4)19-17-15-12-10-8-6-2/h6,14,16H,2,5,7-13,15,17-19H2,1,3-4H3. The molecule has 0 heterocycles. The van der Waals surface area contributed by atoms with Gasteiger partial charge < -0.3 is 13.3 Å². The van der Waals surface area contributed by atoms with Crippen LogP contribution in [0, 0.1) is 0 Å². The maximum absolute atomic E-state index is 5.97. The van der Waals surface area contributed by atoms with Gasteiger partial charge in [-0.2, -0.15) is 0 Å². The third kappa shape index (κ3) is 12.6. The van der Waals surface area contributed by atoms with Gasteiger partial charge in [-0.3, -0.25) is 0 Å². The number of rotatable bonds is 17. The van der Waals surface area contributed by atoms with Gasteiger partial charge >= 0.3 is 8.80 Å². The highest BCUT2D eigenvalue weighted by atomic mass is 28.4. The van der Waals surface area contributed by atoms with Crippen molar-refractivity contribution >= 4 is 8.80 Å². The molecule has 0 radical (unpaired) electrons. The fraction of sp³-hybridized carbons (Fsp3) is 0.789. The fourth-order valence-electron chi connectivity index (χ4n) is 2.51. The molecule has 0 saturated heterocycles. The summed E-state index contributed by atoms with van der Waals surface area (Å²) in [4.78, 5) is 0. The summed E-state index contributed by atoms with van der Waals surface area (Å²) in [6.45, 7) is 6.59. The van der Waals surface area contributed by atoms with Crippen LogP contribution in [0.3, 0.4) is 0 Å². The van der Waals surface area contributed by atoms with Crippen molar-refractivity contribution in [3.8, 4) is 0 Å². The molecule has 0 aliphatic carbocycles. The van der Waals surface area contributed by atoms with Crippen molar-refractivity contribution in [1.82, 2.24) is 0 Å². The predicted octanol–water partition coefficient (Wildman–Crippen LogP) is 5.90. The molecular formula is C19H38O3Si. The first kappa shape index (κ1) is 22.6. The van der Waals surface area contributed by atoms with E-state index < -0.39 is 8.80 Å². The lowest BCUT2D eigenvalue weighted by molar-refractivity contribution is 0.109. The highest BCUT2D eigenvalue weighted by molar-refractivity contribution is 6.60. The maximum atomic E-state index is 5.97. The van der Waals surface area contributed by atoms with Crippen LogP contribution >= 0.6 is 0 Å². The monoisotopic (exact) mass is 342 g/mol. The fourth-order valence-corrected chi connectivity index (χ4v) is 4.50. The predicted molar refractivity (Wildman–Crippen MR) is 102 cm³/mol. The second kappa shape index (κ2) is 16.4. The topological polar surface area (TPSA) is 27.7 Å². The van der Waals surface area contributed by atoms with Crippen LogP contribution in [0.1, 0.15) is 71.1 Å². The SMILES string of the molecule is C=CCCCCCC[Si](OC)(OC)OCC=CCCCCCC. The quantitative estimate of drug-likeness (QED) is 0.187. The Balaban J connectivity index is 3.89. The first-order chi connectivity index (χ1) is 11.2. The van der Waals surface area contributed by atoms with E-state index >= 15 is 0 Å².